The number of benzene rings is 2. The molecule has 3 atom stereocenters. The Balaban J connectivity index is 2.02. The number of ether oxygens (including phenoxy) is 2. The van der Waals surface area contributed by atoms with Gasteiger partial charge in [0.2, 0.25) is 5.43 Å². The average Bonchev–Trinajstić information content (AvgIpc) is 2.75. The monoisotopic (exact) mass is 454 g/mol. The average molecular weight is 455 g/mol. The van der Waals surface area contributed by atoms with E-state index in [0.717, 1.165) is 11.1 Å². The number of hydrogen-bond donors (Lipinski definition) is 3. The van der Waals surface area contributed by atoms with E-state index in [1.807, 2.05) is 13.8 Å². The fourth-order valence-corrected chi connectivity index (χ4v) is 4.40. The Bertz CT molecular complexity index is 1320. The van der Waals surface area contributed by atoms with Crippen molar-refractivity contribution in [2.75, 3.05) is 13.7 Å². The third-order valence-corrected chi connectivity index (χ3v) is 6.81. The molecule has 4 rings (SSSR count). The lowest BCUT2D eigenvalue weighted by Gasteiger charge is -2.32. The molecule has 0 unspecified atom stereocenters. The van der Waals surface area contributed by atoms with Crippen LogP contribution in [0.1, 0.15) is 43.6 Å². The molecule has 1 aromatic heterocycles. The van der Waals surface area contributed by atoms with Crippen molar-refractivity contribution in [3.05, 3.63) is 57.3 Å². The van der Waals surface area contributed by atoms with Gasteiger partial charge in [-0.25, -0.2) is 0 Å². The molecule has 0 fully saturated rings. The van der Waals surface area contributed by atoms with Crippen LogP contribution in [0.25, 0.3) is 21.9 Å². The van der Waals surface area contributed by atoms with Crippen LogP contribution in [0.15, 0.2) is 39.6 Å². The first kappa shape index (κ1) is 23.3. The first-order chi connectivity index (χ1) is 15.5. The van der Waals surface area contributed by atoms with Gasteiger partial charge in [0.05, 0.1) is 29.8 Å². The van der Waals surface area contributed by atoms with Gasteiger partial charge < -0.3 is 29.2 Å². The van der Waals surface area contributed by atoms with Gasteiger partial charge in [-0.3, -0.25) is 4.79 Å². The maximum Gasteiger partial charge on any atom is 0.204 e. The zero-order valence-electron chi connectivity index (χ0n) is 19.6. The summed E-state index contributed by atoms with van der Waals surface area (Å²) in [5, 5.41) is 32.6. The summed E-state index contributed by atoms with van der Waals surface area (Å²) in [5.41, 5.74) is 1.57. The molecule has 1 aliphatic rings. The molecule has 0 saturated heterocycles. The van der Waals surface area contributed by atoms with Gasteiger partial charge in [0, 0.05) is 25.0 Å². The Morgan fingerprint density at radius 2 is 2.03 bits per heavy atom. The third-order valence-electron chi connectivity index (χ3n) is 6.81. The second-order valence-corrected chi connectivity index (χ2v) is 9.42. The Hall–Kier alpha value is -2.87. The van der Waals surface area contributed by atoms with Gasteiger partial charge in [0.1, 0.15) is 28.1 Å². The molecule has 33 heavy (non-hydrogen) atoms. The minimum absolute atomic E-state index is 0.00174. The van der Waals surface area contributed by atoms with Crippen molar-refractivity contribution >= 4 is 21.9 Å². The van der Waals surface area contributed by atoms with Crippen LogP contribution in [0.3, 0.4) is 0 Å². The Morgan fingerprint density at radius 3 is 2.67 bits per heavy atom. The van der Waals surface area contributed by atoms with Crippen molar-refractivity contribution in [3.63, 3.8) is 0 Å². The van der Waals surface area contributed by atoms with E-state index < -0.39 is 23.2 Å². The van der Waals surface area contributed by atoms with Crippen LogP contribution in [-0.2, 0) is 11.2 Å². The van der Waals surface area contributed by atoms with E-state index in [9.17, 15) is 20.1 Å². The van der Waals surface area contributed by atoms with Gasteiger partial charge >= 0.3 is 0 Å². The van der Waals surface area contributed by atoms with E-state index in [1.165, 1.54) is 13.2 Å². The summed E-state index contributed by atoms with van der Waals surface area (Å²) >= 11 is 0. The number of aliphatic hydroxyl groups excluding tert-OH is 2. The normalized spacial score (nSPS) is 19.4. The molecule has 2 heterocycles. The molecule has 1 aliphatic heterocycles. The molecule has 0 radical (unpaired) electrons. The molecular weight excluding hydrogens is 424 g/mol. The van der Waals surface area contributed by atoms with Crippen LogP contribution in [0.2, 0.25) is 0 Å². The van der Waals surface area contributed by atoms with Crippen LogP contribution < -0.4 is 10.2 Å². The summed E-state index contributed by atoms with van der Waals surface area (Å²) in [4.78, 5) is 13.7. The predicted octanol–water partition coefficient (Wildman–Crippen LogP) is 3.91. The number of methoxy groups -OCH3 is 1. The number of phenols is 1. The topological polar surface area (TPSA) is 109 Å². The largest absolute Gasteiger partial charge is 0.507 e. The van der Waals surface area contributed by atoms with Crippen molar-refractivity contribution in [2.45, 2.75) is 51.9 Å². The fourth-order valence-electron chi connectivity index (χ4n) is 4.40. The van der Waals surface area contributed by atoms with E-state index in [-0.39, 0.29) is 46.6 Å². The maximum absolute atomic E-state index is 13.7. The molecule has 7 heteroatoms. The highest BCUT2D eigenvalue weighted by molar-refractivity contribution is 5.97. The van der Waals surface area contributed by atoms with Gasteiger partial charge in [-0.15, -0.1) is 0 Å². The highest BCUT2D eigenvalue weighted by atomic mass is 16.5. The van der Waals surface area contributed by atoms with Crippen LogP contribution in [0.4, 0.5) is 0 Å². The van der Waals surface area contributed by atoms with Crippen molar-refractivity contribution in [3.8, 4) is 11.5 Å². The minimum atomic E-state index is -0.997. The molecule has 0 bridgehead atoms. The van der Waals surface area contributed by atoms with E-state index >= 15 is 0 Å². The summed E-state index contributed by atoms with van der Waals surface area (Å²) < 4.78 is 17.5. The second-order valence-electron chi connectivity index (χ2n) is 9.42. The highest BCUT2D eigenvalue weighted by Crippen LogP contribution is 2.44. The summed E-state index contributed by atoms with van der Waals surface area (Å²) in [6, 6.07) is 4.74. The molecule has 176 valence electrons. The second kappa shape index (κ2) is 8.17. The zero-order chi connectivity index (χ0) is 24.2. The SMILES string of the molecule is C=C(C)[C@H]1COc2c(C)cc3oc4c(C[C@H](O)C(C)(C)OC)ccc(O)c4c(=O)c3c2[C@@H]1O. The number of fused-ring (bicyclic) bond motifs is 4. The lowest BCUT2D eigenvalue weighted by atomic mass is 9.85. The molecular formula is C26H30O7. The van der Waals surface area contributed by atoms with Crippen molar-refractivity contribution in [1.29, 1.82) is 0 Å². The number of phenolic OH excluding ortho intramolecular Hbond substituents is 1. The van der Waals surface area contributed by atoms with E-state index in [1.54, 1.807) is 26.0 Å². The van der Waals surface area contributed by atoms with E-state index in [2.05, 4.69) is 6.58 Å². The number of aromatic hydroxyl groups is 1. The smallest absolute Gasteiger partial charge is 0.204 e. The molecule has 7 nitrogen and oxygen atoms in total. The van der Waals surface area contributed by atoms with Gasteiger partial charge in [0.25, 0.3) is 0 Å². The minimum Gasteiger partial charge on any atom is -0.507 e. The summed E-state index contributed by atoms with van der Waals surface area (Å²) in [6.45, 7) is 11.4. The van der Waals surface area contributed by atoms with Crippen LogP contribution >= 0.6 is 0 Å². The summed E-state index contributed by atoms with van der Waals surface area (Å²) in [6.07, 6.45) is -1.73. The number of hydrogen-bond acceptors (Lipinski definition) is 7. The molecule has 0 saturated carbocycles. The van der Waals surface area contributed by atoms with Gasteiger partial charge in [-0.1, -0.05) is 18.2 Å². The van der Waals surface area contributed by atoms with Crippen molar-refractivity contribution < 1.29 is 29.2 Å². The molecule has 0 spiro atoms. The Kier molecular flexibility index (Phi) is 5.76. The zero-order valence-corrected chi connectivity index (χ0v) is 19.6. The van der Waals surface area contributed by atoms with Gasteiger partial charge in [-0.2, -0.15) is 0 Å². The number of aryl methyl sites for hydroxylation is 1. The molecule has 2 aromatic carbocycles. The first-order valence-electron chi connectivity index (χ1n) is 10.9. The van der Waals surface area contributed by atoms with Crippen LogP contribution in [0, 0.1) is 12.8 Å². The molecule has 3 aromatic rings. The number of rotatable bonds is 5. The van der Waals surface area contributed by atoms with Crippen molar-refractivity contribution in [2.24, 2.45) is 5.92 Å². The van der Waals surface area contributed by atoms with Gasteiger partial charge in [0.15, 0.2) is 0 Å². The van der Waals surface area contributed by atoms with Crippen molar-refractivity contribution in [1.82, 2.24) is 0 Å². The van der Waals surface area contributed by atoms with E-state index in [4.69, 9.17) is 13.9 Å². The molecule has 3 N–H and O–H groups in total. The fraction of sp³-hybridized carbons (Fsp3) is 0.423. The third kappa shape index (κ3) is 3.70. The van der Waals surface area contributed by atoms with Gasteiger partial charge in [-0.05, 0) is 51.0 Å². The molecule has 0 aliphatic carbocycles. The predicted molar refractivity (Wildman–Crippen MR) is 126 cm³/mol. The lowest BCUT2D eigenvalue weighted by molar-refractivity contribution is -0.0764. The quantitative estimate of drug-likeness (QED) is 0.396. The van der Waals surface area contributed by atoms with Crippen LogP contribution in [-0.4, -0.2) is 40.7 Å². The van der Waals surface area contributed by atoms with E-state index in [0.29, 0.717) is 16.9 Å². The Labute approximate surface area is 191 Å². The molecule has 0 amide bonds. The maximum atomic E-state index is 13.7. The standard InChI is InChI=1S/C26H30O7/c1-12(2)15-11-32-24-13(3)9-17-20(21(24)22(15)29)23(30)19-16(27)8-7-14(25(19)33-17)10-18(28)26(4,5)31-6/h7-9,15,18,22,27-29H,1,10-11H2,2-6H3/t15-,18+,22-/m1/s1. The highest BCUT2D eigenvalue weighted by Gasteiger charge is 2.35. The first-order valence-corrected chi connectivity index (χ1v) is 10.9. The van der Waals surface area contributed by atoms with Crippen LogP contribution in [0.5, 0.6) is 11.5 Å². The summed E-state index contributed by atoms with van der Waals surface area (Å²) in [7, 11) is 1.52. The number of aliphatic hydroxyl groups is 2. The summed E-state index contributed by atoms with van der Waals surface area (Å²) in [5.74, 6) is -0.155. The lowest BCUT2D eigenvalue weighted by Crippen LogP contribution is -2.39. The Morgan fingerprint density at radius 1 is 1.33 bits per heavy atom.